The molecular formula is C21H42O6Si3. The van der Waals surface area contributed by atoms with Crippen molar-refractivity contribution in [1.82, 2.24) is 0 Å². The first kappa shape index (κ1) is 29.0. The van der Waals surface area contributed by atoms with Crippen molar-refractivity contribution >= 4 is 34.5 Å². The molecule has 1 aliphatic rings. The molecule has 0 aromatic rings. The number of hydrogen-bond acceptors (Lipinski definition) is 5. The molecule has 0 spiro atoms. The van der Waals surface area contributed by atoms with E-state index in [9.17, 15) is 9.59 Å². The highest BCUT2D eigenvalue weighted by atomic mass is 29.6. The van der Waals surface area contributed by atoms with Crippen molar-refractivity contribution in [1.29, 1.82) is 0 Å². The zero-order valence-corrected chi connectivity index (χ0v) is 23.4. The van der Waals surface area contributed by atoms with Crippen LogP contribution in [0.2, 0.25) is 45.3 Å². The van der Waals surface area contributed by atoms with E-state index in [2.05, 4.69) is 59.4 Å². The van der Waals surface area contributed by atoms with Crippen LogP contribution in [0.1, 0.15) is 33.6 Å². The molecule has 1 rings (SSSR count). The summed E-state index contributed by atoms with van der Waals surface area (Å²) in [5.41, 5.74) is 0.408. The summed E-state index contributed by atoms with van der Waals surface area (Å²) < 4.78 is 18.8. The molecule has 9 heteroatoms. The third-order valence-electron chi connectivity index (χ3n) is 6.48. The van der Waals surface area contributed by atoms with Gasteiger partial charge in [0.1, 0.15) is 6.10 Å². The van der Waals surface area contributed by atoms with Crippen molar-refractivity contribution in [3.63, 3.8) is 0 Å². The molecule has 6 nitrogen and oxygen atoms in total. The summed E-state index contributed by atoms with van der Waals surface area (Å²) in [4.78, 5) is 21.9. The first-order valence-corrected chi connectivity index (χ1v) is 21.7. The number of rotatable bonds is 8. The lowest BCUT2D eigenvalue weighted by molar-refractivity contribution is -0.235. The molecule has 0 bridgehead atoms. The zero-order chi connectivity index (χ0) is 24.0. The summed E-state index contributed by atoms with van der Waals surface area (Å²) >= 11 is 0. The van der Waals surface area contributed by atoms with Crippen molar-refractivity contribution in [2.45, 2.75) is 90.8 Å². The second-order valence-electron chi connectivity index (χ2n) is 9.52. The summed E-state index contributed by atoms with van der Waals surface area (Å²) in [6, 6.07) is 0.813. The number of esters is 1. The van der Waals surface area contributed by atoms with E-state index < -0.39 is 34.3 Å². The number of carboxylic acids is 1. The predicted molar refractivity (Wildman–Crippen MR) is 130 cm³/mol. The van der Waals surface area contributed by atoms with Crippen LogP contribution in [-0.4, -0.2) is 58.1 Å². The van der Waals surface area contributed by atoms with Crippen LogP contribution in [0.4, 0.5) is 0 Å². The Kier molecular flexibility index (Phi) is 10.7. The number of carbonyl (C=O) groups is 2. The fraction of sp³-hybridized carbons (Fsp3) is 0.714. The van der Waals surface area contributed by atoms with Crippen LogP contribution in [0.15, 0.2) is 24.8 Å². The topological polar surface area (TPSA) is 82.1 Å². The Morgan fingerprint density at radius 2 is 1.73 bits per heavy atom. The zero-order valence-electron chi connectivity index (χ0n) is 20.4. The Morgan fingerprint density at radius 3 is 2.03 bits per heavy atom. The molecule has 0 saturated carbocycles. The number of aliphatic carboxylic acids is 1. The highest BCUT2D eigenvalue weighted by Gasteiger charge is 2.66. The lowest BCUT2D eigenvalue weighted by Gasteiger charge is -2.59. The number of carboxylic acid groups (broad SMARTS) is 1. The van der Waals surface area contributed by atoms with Gasteiger partial charge in [-0.2, -0.15) is 0 Å². The summed E-state index contributed by atoms with van der Waals surface area (Å²) in [6.07, 6.45) is 1.94. The highest BCUT2D eigenvalue weighted by molar-refractivity contribution is 7.67. The van der Waals surface area contributed by atoms with Gasteiger partial charge in [-0.25, -0.2) is 4.79 Å². The lowest BCUT2D eigenvalue weighted by atomic mass is 10.1. The highest BCUT2D eigenvalue weighted by Crippen LogP contribution is 2.47. The van der Waals surface area contributed by atoms with Crippen LogP contribution in [-0.2, 0) is 23.5 Å². The normalized spacial score (nSPS) is 24.6. The maximum Gasteiger partial charge on any atom is 0.335 e. The van der Waals surface area contributed by atoms with Crippen molar-refractivity contribution in [3.8, 4) is 0 Å². The molecule has 0 amide bonds. The monoisotopic (exact) mass is 474 g/mol. The van der Waals surface area contributed by atoms with E-state index in [1.165, 1.54) is 6.08 Å². The third-order valence-corrected chi connectivity index (χ3v) is 46.6. The molecule has 30 heavy (non-hydrogen) atoms. The van der Waals surface area contributed by atoms with Gasteiger partial charge in [0, 0.05) is 25.8 Å². The molecule has 2 unspecified atom stereocenters. The molecule has 1 heterocycles. The minimum absolute atomic E-state index is 0.0556. The van der Waals surface area contributed by atoms with Gasteiger partial charge in [0.05, 0.1) is 13.5 Å². The Hall–Kier alpha value is -1.01. The van der Waals surface area contributed by atoms with Crippen LogP contribution < -0.4 is 0 Å². The molecule has 2 atom stereocenters. The fourth-order valence-corrected chi connectivity index (χ4v) is 33.0. The van der Waals surface area contributed by atoms with E-state index >= 15 is 0 Å². The smallest absolute Gasteiger partial charge is 0.335 e. The van der Waals surface area contributed by atoms with Crippen LogP contribution in [0.5, 0.6) is 0 Å². The maximum absolute atomic E-state index is 12.4. The first-order valence-electron chi connectivity index (χ1n) is 10.6. The minimum Gasteiger partial charge on any atom is -0.481 e. The van der Waals surface area contributed by atoms with E-state index in [4.69, 9.17) is 19.0 Å². The Bertz CT molecular complexity index is 623. The van der Waals surface area contributed by atoms with Gasteiger partial charge in [-0.15, -0.1) is 6.58 Å². The van der Waals surface area contributed by atoms with Crippen LogP contribution in [0.25, 0.3) is 0 Å². The van der Waals surface area contributed by atoms with Gasteiger partial charge in [0.15, 0.2) is 7.83 Å². The standard InChI is InChI=1S/C17H36O4Si3.C4H6O2/c1-11-15(19-12-2)17(20-16(18)14(3)4)13-22(5,6)24(9,10)23(7,8)21-17;1-2-3-4(5)6/h15H,3,11-13H2,1-2,4-10H3;2H,1,3H2,(H,5,6). The van der Waals surface area contributed by atoms with E-state index in [-0.39, 0.29) is 18.5 Å². The minimum atomic E-state index is -1.98. The molecular weight excluding hydrogens is 432 g/mol. The van der Waals surface area contributed by atoms with E-state index in [1.54, 1.807) is 6.92 Å². The van der Waals surface area contributed by atoms with Gasteiger partial charge in [-0.3, -0.25) is 4.79 Å². The number of hydrogen-bond donors (Lipinski definition) is 1. The summed E-state index contributed by atoms with van der Waals surface area (Å²) in [5, 5.41) is 7.84. The second-order valence-corrected chi connectivity index (χ2v) is 36.8. The average Bonchev–Trinajstić information content (AvgIpc) is 2.57. The van der Waals surface area contributed by atoms with Crippen molar-refractivity contribution in [2.75, 3.05) is 6.61 Å². The molecule has 1 N–H and O–H groups in total. The second kappa shape index (κ2) is 11.0. The van der Waals surface area contributed by atoms with Crippen LogP contribution in [0.3, 0.4) is 0 Å². The molecule has 1 saturated heterocycles. The molecule has 174 valence electrons. The van der Waals surface area contributed by atoms with E-state index in [0.717, 1.165) is 12.5 Å². The van der Waals surface area contributed by atoms with Gasteiger partial charge in [-0.1, -0.05) is 45.8 Å². The lowest BCUT2D eigenvalue weighted by Crippen LogP contribution is -2.80. The van der Waals surface area contributed by atoms with Gasteiger partial charge in [0.2, 0.25) is 5.79 Å². The molecule has 1 fully saturated rings. The maximum atomic E-state index is 12.4. The fourth-order valence-electron chi connectivity index (χ4n) is 3.67. The summed E-state index contributed by atoms with van der Waals surface area (Å²) in [6.45, 7) is 27.7. The quantitative estimate of drug-likeness (QED) is 0.229. The summed E-state index contributed by atoms with van der Waals surface area (Å²) in [7, 11) is -5.10. The Morgan fingerprint density at radius 1 is 1.20 bits per heavy atom. The first-order chi connectivity index (χ1) is 13.5. The molecule has 1 aliphatic heterocycles. The molecule has 0 radical (unpaired) electrons. The van der Waals surface area contributed by atoms with Gasteiger partial charge >= 0.3 is 11.9 Å². The number of ether oxygens (including phenoxy) is 2. The molecule has 0 aromatic heterocycles. The molecule has 0 aromatic carbocycles. The van der Waals surface area contributed by atoms with Crippen LogP contribution in [0, 0.1) is 0 Å². The van der Waals surface area contributed by atoms with Gasteiger partial charge in [0.25, 0.3) is 0 Å². The van der Waals surface area contributed by atoms with E-state index in [1.807, 2.05) is 6.92 Å². The Balaban J connectivity index is 0.00000122. The van der Waals surface area contributed by atoms with Crippen LogP contribution >= 0.6 is 0 Å². The van der Waals surface area contributed by atoms with E-state index in [0.29, 0.717) is 12.2 Å². The van der Waals surface area contributed by atoms with Gasteiger partial charge in [-0.05, 0) is 33.4 Å². The van der Waals surface area contributed by atoms with Crippen molar-refractivity contribution < 1.29 is 28.6 Å². The third kappa shape index (κ3) is 6.75. The number of carbonyl (C=O) groups excluding carboxylic acids is 1. The molecule has 0 aliphatic carbocycles. The predicted octanol–water partition coefficient (Wildman–Crippen LogP) is 5.07. The van der Waals surface area contributed by atoms with Gasteiger partial charge < -0.3 is 19.0 Å². The van der Waals surface area contributed by atoms with Crippen molar-refractivity contribution in [2.24, 2.45) is 0 Å². The van der Waals surface area contributed by atoms with Crippen molar-refractivity contribution in [3.05, 3.63) is 24.8 Å². The summed E-state index contributed by atoms with van der Waals surface area (Å²) in [5.74, 6) is -2.15. The largest absolute Gasteiger partial charge is 0.481 e. The Labute approximate surface area is 185 Å². The average molecular weight is 475 g/mol. The SMILES string of the molecule is C=C(C)C(=O)OC1(C(CC)OCC)C[Si](C)(C)[Si](C)(C)[Si](C)(C)O1.C=CCC(=O)O.